The first kappa shape index (κ1) is 12.0. The van der Waals surface area contributed by atoms with Gasteiger partial charge >= 0.3 is 5.97 Å². The molecule has 0 radical (unpaired) electrons. The lowest BCUT2D eigenvalue weighted by Crippen LogP contribution is -2.08. The van der Waals surface area contributed by atoms with Crippen LogP contribution in [0.2, 0.25) is 0 Å². The molecule has 0 spiro atoms. The molecule has 17 heavy (non-hydrogen) atoms. The average molecular weight is 343 g/mol. The highest BCUT2D eigenvalue weighted by Crippen LogP contribution is 2.10. The second-order valence-electron chi connectivity index (χ2n) is 3.41. The maximum atomic E-state index is 11.7. The van der Waals surface area contributed by atoms with Crippen molar-refractivity contribution in [3.8, 4) is 0 Å². The van der Waals surface area contributed by atoms with E-state index in [1.54, 1.807) is 7.05 Å². The third-order valence-corrected chi connectivity index (χ3v) is 3.37. The lowest BCUT2D eigenvalue weighted by atomic mass is 10.2. The first-order valence-corrected chi connectivity index (χ1v) is 6.02. The van der Waals surface area contributed by atoms with Gasteiger partial charge in [-0.3, -0.25) is 0 Å². The molecule has 0 aliphatic carbocycles. The summed E-state index contributed by atoms with van der Waals surface area (Å²) in [6.07, 6.45) is 0. The van der Waals surface area contributed by atoms with Gasteiger partial charge in [0.05, 0.1) is 0 Å². The summed E-state index contributed by atoms with van der Waals surface area (Å²) >= 11 is 2.01. The molecule has 1 aromatic carbocycles. The largest absolute Gasteiger partial charge is 0.456 e. The lowest BCUT2D eigenvalue weighted by Gasteiger charge is -2.02. The number of halogens is 1. The Labute approximate surface area is 112 Å². The van der Waals surface area contributed by atoms with Crippen molar-refractivity contribution in [1.29, 1.82) is 0 Å². The topological polar surface area (TPSA) is 57.0 Å². The van der Waals surface area contributed by atoms with Gasteiger partial charge in [-0.25, -0.2) is 9.48 Å². The zero-order valence-electron chi connectivity index (χ0n) is 9.13. The molecule has 0 aliphatic rings. The van der Waals surface area contributed by atoms with Crippen LogP contribution in [0.3, 0.4) is 0 Å². The summed E-state index contributed by atoms with van der Waals surface area (Å²) in [5, 5.41) is 7.51. The third-order valence-electron chi connectivity index (χ3n) is 2.16. The van der Waals surface area contributed by atoms with Gasteiger partial charge in [0.1, 0.15) is 10.3 Å². The number of benzene rings is 1. The zero-order valence-corrected chi connectivity index (χ0v) is 11.3. The van der Waals surface area contributed by atoms with Crippen molar-refractivity contribution >= 4 is 28.6 Å². The normalized spacial score (nSPS) is 10.2. The molecule has 88 valence electrons. The molecule has 0 bridgehead atoms. The lowest BCUT2D eigenvalue weighted by molar-refractivity contribution is 0.0464. The predicted octanol–water partition coefficient (Wildman–Crippen LogP) is 1.78. The number of carbonyl (C=O) groups is 1. The fourth-order valence-electron chi connectivity index (χ4n) is 1.26. The maximum Gasteiger partial charge on any atom is 0.362 e. The molecular formula is C11H10IN3O2. The summed E-state index contributed by atoms with van der Waals surface area (Å²) in [5.41, 5.74) is 1.20. The van der Waals surface area contributed by atoms with Gasteiger partial charge in [-0.2, -0.15) is 0 Å². The summed E-state index contributed by atoms with van der Waals surface area (Å²) in [6.45, 7) is 0.242. The first-order valence-electron chi connectivity index (χ1n) is 4.94. The van der Waals surface area contributed by atoms with E-state index >= 15 is 0 Å². The minimum Gasteiger partial charge on any atom is -0.456 e. The number of ether oxygens (including phenoxy) is 1. The highest BCUT2D eigenvalue weighted by atomic mass is 127. The summed E-state index contributed by atoms with van der Waals surface area (Å²) in [4.78, 5) is 11.7. The quantitative estimate of drug-likeness (QED) is 0.630. The van der Waals surface area contributed by atoms with Crippen molar-refractivity contribution in [2.45, 2.75) is 6.61 Å². The first-order chi connectivity index (χ1) is 8.18. The molecule has 1 heterocycles. The van der Waals surface area contributed by atoms with Gasteiger partial charge in [0.25, 0.3) is 0 Å². The van der Waals surface area contributed by atoms with E-state index in [1.807, 2.05) is 52.9 Å². The third kappa shape index (κ3) is 2.82. The van der Waals surface area contributed by atoms with Crippen LogP contribution in [0, 0.1) is 3.70 Å². The van der Waals surface area contributed by atoms with E-state index in [-0.39, 0.29) is 12.3 Å². The molecule has 0 amide bonds. The fourth-order valence-corrected chi connectivity index (χ4v) is 1.69. The van der Waals surface area contributed by atoms with E-state index in [9.17, 15) is 4.79 Å². The van der Waals surface area contributed by atoms with Crippen molar-refractivity contribution < 1.29 is 9.53 Å². The molecule has 0 fully saturated rings. The Bertz CT molecular complexity index is 525. The molecule has 0 saturated carbocycles. The number of carbonyl (C=O) groups excluding carboxylic acids is 1. The van der Waals surface area contributed by atoms with Crippen molar-refractivity contribution in [1.82, 2.24) is 15.0 Å². The second-order valence-corrected chi connectivity index (χ2v) is 4.44. The van der Waals surface area contributed by atoms with Crippen LogP contribution in [-0.4, -0.2) is 21.0 Å². The molecule has 0 unspecified atom stereocenters. The zero-order chi connectivity index (χ0) is 12.3. The number of hydrogen-bond acceptors (Lipinski definition) is 4. The molecule has 2 aromatic rings. The minimum atomic E-state index is -0.452. The molecular weight excluding hydrogens is 333 g/mol. The van der Waals surface area contributed by atoms with E-state index in [2.05, 4.69) is 10.3 Å². The Morgan fingerprint density at radius 2 is 2.12 bits per heavy atom. The highest BCUT2D eigenvalue weighted by molar-refractivity contribution is 14.1. The Kier molecular flexibility index (Phi) is 3.72. The maximum absolute atomic E-state index is 11.7. The Hall–Kier alpha value is -1.44. The Morgan fingerprint density at radius 1 is 1.41 bits per heavy atom. The Balaban J connectivity index is 2.01. The van der Waals surface area contributed by atoms with Gasteiger partial charge in [0.2, 0.25) is 5.69 Å². The number of aryl methyl sites for hydroxylation is 1. The number of esters is 1. The molecule has 6 heteroatoms. The summed E-state index contributed by atoms with van der Waals surface area (Å²) in [7, 11) is 1.72. The monoisotopic (exact) mass is 343 g/mol. The number of rotatable bonds is 3. The summed E-state index contributed by atoms with van der Waals surface area (Å²) in [5.74, 6) is -0.452. The second kappa shape index (κ2) is 5.26. The minimum absolute atomic E-state index is 0.242. The number of aromatic nitrogens is 3. The molecule has 1 aromatic heterocycles. The Morgan fingerprint density at radius 3 is 2.71 bits per heavy atom. The van der Waals surface area contributed by atoms with E-state index in [0.29, 0.717) is 3.70 Å². The summed E-state index contributed by atoms with van der Waals surface area (Å²) in [6, 6.07) is 9.51. The van der Waals surface area contributed by atoms with Crippen LogP contribution < -0.4 is 0 Å². The van der Waals surface area contributed by atoms with Crippen LogP contribution in [0.15, 0.2) is 30.3 Å². The standard InChI is InChI=1S/C11H10IN3O2/c1-15-10(12)9(13-14-15)11(16)17-7-8-5-3-2-4-6-8/h2-6H,7H2,1H3. The van der Waals surface area contributed by atoms with Gasteiger partial charge < -0.3 is 4.74 Å². The molecule has 0 N–H and O–H groups in total. The van der Waals surface area contributed by atoms with Crippen LogP contribution >= 0.6 is 22.6 Å². The molecule has 5 nitrogen and oxygen atoms in total. The summed E-state index contributed by atoms with van der Waals surface area (Å²) < 4.78 is 7.34. The molecule has 0 atom stereocenters. The van der Waals surface area contributed by atoms with Crippen LogP contribution in [0.25, 0.3) is 0 Å². The van der Waals surface area contributed by atoms with Gasteiger partial charge in [-0.05, 0) is 28.2 Å². The van der Waals surface area contributed by atoms with Crippen LogP contribution in [-0.2, 0) is 18.4 Å². The van der Waals surface area contributed by atoms with Crippen LogP contribution in [0.5, 0.6) is 0 Å². The van der Waals surface area contributed by atoms with Gasteiger partial charge in [-0.15, -0.1) is 5.10 Å². The van der Waals surface area contributed by atoms with Gasteiger partial charge in [0.15, 0.2) is 0 Å². The fraction of sp³-hybridized carbons (Fsp3) is 0.182. The molecule has 2 rings (SSSR count). The van der Waals surface area contributed by atoms with Crippen molar-refractivity contribution in [3.63, 3.8) is 0 Å². The van der Waals surface area contributed by atoms with Crippen molar-refractivity contribution in [2.24, 2.45) is 7.05 Å². The molecule has 0 saturated heterocycles. The van der Waals surface area contributed by atoms with Gasteiger partial charge in [0, 0.05) is 7.05 Å². The number of nitrogens with zero attached hydrogens (tertiary/aromatic N) is 3. The number of hydrogen-bond donors (Lipinski definition) is 0. The van der Waals surface area contributed by atoms with Crippen LogP contribution in [0.1, 0.15) is 16.1 Å². The SMILES string of the molecule is Cn1nnc(C(=O)OCc2ccccc2)c1I. The van der Waals surface area contributed by atoms with Gasteiger partial charge in [-0.1, -0.05) is 35.5 Å². The van der Waals surface area contributed by atoms with E-state index in [4.69, 9.17) is 4.74 Å². The average Bonchev–Trinajstić information content (AvgIpc) is 2.69. The molecule has 0 aliphatic heterocycles. The van der Waals surface area contributed by atoms with Crippen molar-refractivity contribution in [3.05, 3.63) is 45.3 Å². The predicted molar refractivity (Wildman–Crippen MR) is 69.3 cm³/mol. The van der Waals surface area contributed by atoms with E-state index < -0.39 is 5.97 Å². The van der Waals surface area contributed by atoms with Crippen molar-refractivity contribution in [2.75, 3.05) is 0 Å². The smallest absolute Gasteiger partial charge is 0.362 e. The highest BCUT2D eigenvalue weighted by Gasteiger charge is 2.17. The van der Waals surface area contributed by atoms with Crippen LogP contribution in [0.4, 0.5) is 0 Å². The van der Waals surface area contributed by atoms with E-state index in [1.165, 1.54) is 4.68 Å². The van der Waals surface area contributed by atoms with E-state index in [0.717, 1.165) is 5.56 Å².